The number of hydrogen-bond donors (Lipinski definition) is 1. The van der Waals surface area contributed by atoms with Crippen LogP contribution in [-0.2, 0) is 6.61 Å². The summed E-state index contributed by atoms with van der Waals surface area (Å²) >= 11 is 5.95. The van der Waals surface area contributed by atoms with Crippen LogP contribution in [0.4, 0.5) is 5.82 Å². The Morgan fingerprint density at radius 2 is 2.38 bits per heavy atom. The standard InChI is InChI=1S/C11H16ClN3O/c1-8-3-2-4-15(5-8)11-9(6-16)10(12)13-7-14-11/h7-8,16H,2-6H2,1H3. The summed E-state index contributed by atoms with van der Waals surface area (Å²) in [5, 5.41) is 9.66. The molecule has 2 rings (SSSR count). The molecule has 0 saturated carbocycles. The highest BCUT2D eigenvalue weighted by molar-refractivity contribution is 6.30. The van der Waals surface area contributed by atoms with Crippen molar-refractivity contribution in [3.8, 4) is 0 Å². The lowest BCUT2D eigenvalue weighted by molar-refractivity contribution is 0.280. The van der Waals surface area contributed by atoms with Crippen molar-refractivity contribution in [3.05, 3.63) is 17.0 Å². The van der Waals surface area contributed by atoms with E-state index < -0.39 is 0 Å². The fraction of sp³-hybridized carbons (Fsp3) is 0.636. The first kappa shape index (κ1) is 11.6. The predicted octanol–water partition coefficient (Wildman–Crippen LogP) is 1.86. The van der Waals surface area contributed by atoms with Gasteiger partial charge in [-0.2, -0.15) is 0 Å². The Balaban J connectivity index is 2.28. The summed E-state index contributed by atoms with van der Waals surface area (Å²) in [6.07, 6.45) is 3.87. The lowest BCUT2D eigenvalue weighted by Gasteiger charge is -2.32. The third-order valence-electron chi connectivity index (χ3n) is 2.98. The van der Waals surface area contributed by atoms with Crippen molar-refractivity contribution >= 4 is 17.4 Å². The molecule has 0 bridgehead atoms. The minimum atomic E-state index is -0.111. The first-order valence-corrected chi connectivity index (χ1v) is 5.95. The van der Waals surface area contributed by atoms with E-state index in [4.69, 9.17) is 11.6 Å². The molecule has 0 aromatic carbocycles. The summed E-state index contributed by atoms with van der Waals surface area (Å²) in [6, 6.07) is 0. The Morgan fingerprint density at radius 1 is 1.56 bits per heavy atom. The van der Waals surface area contributed by atoms with Crippen LogP contribution >= 0.6 is 11.6 Å². The van der Waals surface area contributed by atoms with Gasteiger partial charge in [-0.25, -0.2) is 9.97 Å². The summed E-state index contributed by atoms with van der Waals surface area (Å²) in [5.74, 6) is 1.45. The Bertz CT molecular complexity index is 372. The molecule has 1 saturated heterocycles. The van der Waals surface area contributed by atoms with Crippen LogP contribution in [0.1, 0.15) is 25.3 Å². The zero-order valence-electron chi connectivity index (χ0n) is 9.36. The van der Waals surface area contributed by atoms with Crippen molar-refractivity contribution in [2.75, 3.05) is 18.0 Å². The summed E-state index contributed by atoms with van der Waals surface area (Å²) in [6.45, 7) is 4.07. The maximum atomic E-state index is 9.30. The van der Waals surface area contributed by atoms with E-state index in [2.05, 4.69) is 21.8 Å². The smallest absolute Gasteiger partial charge is 0.140 e. The van der Waals surface area contributed by atoms with Crippen molar-refractivity contribution in [1.82, 2.24) is 9.97 Å². The molecule has 1 aromatic heterocycles. The van der Waals surface area contributed by atoms with Gasteiger partial charge in [0, 0.05) is 13.1 Å². The fourth-order valence-electron chi connectivity index (χ4n) is 2.17. The third kappa shape index (κ3) is 2.28. The van der Waals surface area contributed by atoms with Gasteiger partial charge in [0.1, 0.15) is 17.3 Å². The van der Waals surface area contributed by atoms with Crippen LogP contribution in [0.3, 0.4) is 0 Å². The molecule has 5 heteroatoms. The molecule has 1 unspecified atom stereocenters. The highest BCUT2D eigenvalue weighted by Gasteiger charge is 2.21. The molecule has 1 fully saturated rings. The van der Waals surface area contributed by atoms with Crippen LogP contribution < -0.4 is 4.90 Å². The Kier molecular flexibility index (Phi) is 3.61. The quantitative estimate of drug-likeness (QED) is 0.803. The predicted molar refractivity (Wildman–Crippen MR) is 63.6 cm³/mol. The van der Waals surface area contributed by atoms with Crippen LogP contribution in [0.25, 0.3) is 0 Å². The van der Waals surface area contributed by atoms with E-state index in [1.807, 2.05) is 0 Å². The van der Waals surface area contributed by atoms with Gasteiger partial charge < -0.3 is 10.0 Å². The third-order valence-corrected chi connectivity index (χ3v) is 3.31. The van der Waals surface area contributed by atoms with Crippen LogP contribution in [-0.4, -0.2) is 28.2 Å². The van der Waals surface area contributed by atoms with Gasteiger partial charge in [0.15, 0.2) is 0 Å². The van der Waals surface area contributed by atoms with Gasteiger partial charge in [-0.3, -0.25) is 0 Å². The van der Waals surface area contributed by atoms with Crippen molar-refractivity contribution in [3.63, 3.8) is 0 Å². The number of nitrogens with zero attached hydrogens (tertiary/aromatic N) is 3. The second-order valence-corrected chi connectivity index (χ2v) is 4.68. The highest BCUT2D eigenvalue weighted by Crippen LogP contribution is 2.27. The summed E-state index contributed by atoms with van der Waals surface area (Å²) in [7, 11) is 0. The van der Waals surface area contributed by atoms with Crippen molar-refractivity contribution < 1.29 is 5.11 Å². The topological polar surface area (TPSA) is 49.2 Å². The highest BCUT2D eigenvalue weighted by atomic mass is 35.5. The Morgan fingerprint density at radius 3 is 3.06 bits per heavy atom. The van der Waals surface area contributed by atoms with Gasteiger partial charge in [-0.15, -0.1) is 0 Å². The van der Waals surface area contributed by atoms with E-state index in [9.17, 15) is 5.11 Å². The molecule has 0 radical (unpaired) electrons. The zero-order valence-corrected chi connectivity index (χ0v) is 10.1. The maximum absolute atomic E-state index is 9.30. The van der Waals surface area contributed by atoms with Gasteiger partial charge in [0.25, 0.3) is 0 Å². The molecule has 88 valence electrons. The number of aromatic nitrogens is 2. The second kappa shape index (κ2) is 4.97. The lowest BCUT2D eigenvalue weighted by Crippen LogP contribution is -2.35. The average molecular weight is 242 g/mol. The van der Waals surface area contributed by atoms with Gasteiger partial charge in [-0.1, -0.05) is 18.5 Å². The number of aliphatic hydroxyl groups excluding tert-OH is 1. The number of rotatable bonds is 2. The molecule has 2 heterocycles. The number of hydrogen-bond acceptors (Lipinski definition) is 4. The van der Waals surface area contributed by atoms with Crippen LogP contribution in [0.2, 0.25) is 5.15 Å². The first-order valence-electron chi connectivity index (χ1n) is 5.57. The van der Waals surface area contributed by atoms with Gasteiger partial charge in [0.05, 0.1) is 12.2 Å². The summed E-state index contributed by atoms with van der Waals surface area (Å²) in [5.41, 5.74) is 0.637. The van der Waals surface area contributed by atoms with E-state index in [0.29, 0.717) is 16.6 Å². The lowest BCUT2D eigenvalue weighted by atomic mass is 10.00. The van der Waals surface area contributed by atoms with Crippen molar-refractivity contribution in [2.24, 2.45) is 5.92 Å². The number of aliphatic hydroxyl groups is 1. The minimum absolute atomic E-state index is 0.111. The van der Waals surface area contributed by atoms with Crippen molar-refractivity contribution in [1.29, 1.82) is 0 Å². The van der Waals surface area contributed by atoms with E-state index >= 15 is 0 Å². The molecule has 1 aliphatic rings. The monoisotopic (exact) mass is 241 g/mol. The molecule has 1 aliphatic heterocycles. The van der Waals surface area contributed by atoms with Crippen LogP contribution in [0, 0.1) is 5.92 Å². The molecule has 0 aliphatic carbocycles. The molecule has 1 atom stereocenters. The average Bonchev–Trinajstić information content (AvgIpc) is 2.28. The normalized spacial score (nSPS) is 21.2. The molecule has 16 heavy (non-hydrogen) atoms. The zero-order chi connectivity index (χ0) is 11.5. The number of halogens is 1. The Hall–Kier alpha value is -0.870. The number of piperidine rings is 1. The van der Waals surface area contributed by atoms with E-state index in [1.165, 1.54) is 12.7 Å². The number of anilines is 1. The van der Waals surface area contributed by atoms with Crippen molar-refractivity contribution in [2.45, 2.75) is 26.4 Å². The van der Waals surface area contributed by atoms with Crippen LogP contribution in [0.5, 0.6) is 0 Å². The molecular formula is C11H16ClN3O. The van der Waals surface area contributed by atoms with E-state index in [1.54, 1.807) is 0 Å². The molecule has 0 spiro atoms. The minimum Gasteiger partial charge on any atom is -0.391 e. The Labute approximate surface area is 100 Å². The fourth-order valence-corrected chi connectivity index (χ4v) is 2.36. The second-order valence-electron chi connectivity index (χ2n) is 4.32. The molecular weight excluding hydrogens is 226 g/mol. The first-order chi connectivity index (χ1) is 7.72. The summed E-state index contributed by atoms with van der Waals surface area (Å²) in [4.78, 5) is 10.3. The molecule has 0 amide bonds. The maximum Gasteiger partial charge on any atom is 0.140 e. The summed E-state index contributed by atoms with van der Waals surface area (Å²) < 4.78 is 0. The van der Waals surface area contributed by atoms with Gasteiger partial charge in [-0.05, 0) is 18.8 Å². The van der Waals surface area contributed by atoms with Crippen LogP contribution in [0.15, 0.2) is 6.33 Å². The molecule has 1 N–H and O–H groups in total. The molecule has 4 nitrogen and oxygen atoms in total. The van der Waals surface area contributed by atoms with E-state index in [-0.39, 0.29) is 6.61 Å². The van der Waals surface area contributed by atoms with E-state index in [0.717, 1.165) is 25.3 Å². The van der Waals surface area contributed by atoms with Gasteiger partial charge >= 0.3 is 0 Å². The molecule has 1 aromatic rings. The SMILES string of the molecule is CC1CCCN(c2ncnc(Cl)c2CO)C1. The largest absolute Gasteiger partial charge is 0.391 e. The van der Waals surface area contributed by atoms with Gasteiger partial charge in [0.2, 0.25) is 0 Å².